The molecule has 0 saturated carbocycles. The van der Waals surface area contributed by atoms with E-state index in [1.54, 1.807) is 0 Å². The smallest absolute Gasteiger partial charge is 0.184 e. The zero-order valence-corrected chi connectivity index (χ0v) is 8.71. The molecule has 1 aromatic heterocycles. The molecule has 0 aromatic carbocycles. The van der Waals surface area contributed by atoms with Crippen LogP contribution in [-0.2, 0) is 0 Å². The lowest BCUT2D eigenvalue weighted by molar-refractivity contribution is 1.06. The van der Waals surface area contributed by atoms with Gasteiger partial charge in [0.2, 0.25) is 0 Å². The number of thiazole rings is 1. The summed E-state index contributed by atoms with van der Waals surface area (Å²) >= 11 is 8.69. The number of nitrogens with zero attached hydrogens (tertiary/aromatic N) is 2. The van der Waals surface area contributed by atoms with E-state index in [9.17, 15) is 0 Å². The number of aromatic nitrogens is 1. The lowest BCUT2D eigenvalue weighted by atomic mass is 10.1. The molecule has 0 bridgehead atoms. The minimum Gasteiger partial charge on any atom is -0.231 e. The fourth-order valence-electron chi connectivity index (χ4n) is 1.32. The number of hydrogen-bond acceptors (Lipinski definition) is 5. The average molecular weight is 230 g/mol. The van der Waals surface area contributed by atoms with Gasteiger partial charge in [-0.1, -0.05) is 11.6 Å². The Morgan fingerprint density at radius 2 is 2.46 bits per heavy atom. The Hall–Kier alpha value is -0.360. The molecule has 66 valence electrons. The van der Waals surface area contributed by atoms with Gasteiger partial charge in [0.1, 0.15) is 0 Å². The second-order valence-corrected chi connectivity index (χ2v) is 4.94. The predicted octanol–water partition coefficient (Wildman–Crippen LogP) is 0.347. The number of rotatable bonds is 0. The highest BCUT2D eigenvalue weighted by molar-refractivity contribution is 7.96. The first-order valence-electron chi connectivity index (χ1n) is 3.68. The SMILES string of the molecule is Clc1nc2c(s1)=CC1NSN=C1C=2. The van der Waals surface area contributed by atoms with E-state index in [2.05, 4.69) is 20.2 Å². The quantitative estimate of drug-likeness (QED) is 0.653. The van der Waals surface area contributed by atoms with Crippen LogP contribution in [0, 0.1) is 0 Å². The van der Waals surface area contributed by atoms with E-state index in [0.29, 0.717) is 4.47 Å². The summed E-state index contributed by atoms with van der Waals surface area (Å²) < 4.78 is 9.11. The van der Waals surface area contributed by atoms with Gasteiger partial charge in [0, 0.05) is 0 Å². The van der Waals surface area contributed by atoms with Gasteiger partial charge >= 0.3 is 0 Å². The lowest BCUT2D eigenvalue weighted by Gasteiger charge is -2.04. The molecule has 1 aromatic rings. The van der Waals surface area contributed by atoms with Gasteiger partial charge in [-0.2, -0.15) is 0 Å². The van der Waals surface area contributed by atoms with Crippen LogP contribution in [0.25, 0.3) is 12.2 Å². The summed E-state index contributed by atoms with van der Waals surface area (Å²) in [5.41, 5.74) is 1.03. The summed E-state index contributed by atoms with van der Waals surface area (Å²) in [6, 6.07) is 0.231. The monoisotopic (exact) mass is 229 g/mol. The molecule has 0 amide bonds. The Labute approximate surface area is 87.5 Å². The van der Waals surface area contributed by atoms with Crippen molar-refractivity contribution in [3.05, 3.63) is 14.3 Å². The van der Waals surface area contributed by atoms with Crippen LogP contribution in [0.4, 0.5) is 0 Å². The molecule has 0 saturated heterocycles. The van der Waals surface area contributed by atoms with E-state index >= 15 is 0 Å². The average Bonchev–Trinajstić information content (AvgIpc) is 2.63. The molecule has 1 aliphatic carbocycles. The maximum absolute atomic E-state index is 5.81. The maximum Gasteiger partial charge on any atom is 0.184 e. The standard InChI is InChI=1S/C7H4ClN3S2/c8-7-9-5-1-3-4(11-13-10-3)2-6(5)12-7/h1-2,4,11H. The van der Waals surface area contributed by atoms with Crippen LogP contribution in [0.3, 0.4) is 0 Å². The number of hydrogen-bond donors (Lipinski definition) is 1. The third-order valence-electron chi connectivity index (χ3n) is 1.91. The highest BCUT2D eigenvalue weighted by Crippen LogP contribution is 2.15. The fraction of sp³-hybridized carbons (Fsp3) is 0.143. The Bertz CT molecular complexity index is 504. The molecule has 1 atom stereocenters. The maximum atomic E-state index is 5.81. The highest BCUT2D eigenvalue weighted by Gasteiger charge is 2.20. The molecule has 1 aliphatic heterocycles. The van der Waals surface area contributed by atoms with E-state index in [4.69, 9.17) is 11.6 Å². The summed E-state index contributed by atoms with van der Waals surface area (Å²) in [4.78, 5) is 4.19. The molecule has 13 heavy (non-hydrogen) atoms. The molecular weight excluding hydrogens is 226 g/mol. The zero-order valence-electron chi connectivity index (χ0n) is 6.32. The Balaban J connectivity index is 2.32. The van der Waals surface area contributed by atoms with Crippen molar-refractivity contribution < 1.29 is 0 Å². The second kappa shape index (κ2) is 2.81. The van der Waals surface area contributed by atoms with Gasteiger partial charge in [-0.25, -0.2) is 14.1 Å². The molecule has 3 rings (SSSR count). The van der Waals surface area contributed by atoms with Gasteiger partial charge in [-0.3, -0.25) is 0 Å². The van der Waals surface area contributed by atoms with Gasteiger partial charge in [-0.05, 0) is 12.2 Å². The summed E-state index contributed by atoms with van der Waals surface area (Å²) in [6.45, 7) is 0. The first kappa shape index (κ1) is 7.99. The Kier molecular flexibility index (Phi) is 1.73. The van der Waals surface area contributed by atoms with Crippen LogP contribution in [0.5, 0.6) is 0 Å². The third-order valence-corrected chi connectivity index (χ3v) is 3.71. The van der Waals surface area contributed by atoms with Crippen LogP contribution in [0.2, 0.25) is 4.47 Å². The predicted molar refractivity (Wildman–Crippen MR) is 57.3 cm³/mol. The van der Waals surface area contributed by atoms with Crippen LogP contribution < -0.4 is 14.6 Å². The Morgan fingerprint density at radius 3 is 3.38 bits per heavy atom. The molecule has 2 heterocycles. The highest BCUT2D eigenvalue weighted by atomic mass is 35.5. The second-order valence-electron chi connectivity index (χ2n) is 2.73. The van der Waals surface area contributed by atoms with E-state index in [-0.39, 0.29) is 6.04 Å². The minimum atomic E-state index is 0.231. The van der Waals surface area contributed by atoms with Gasteiger partial charge in [-0.15, -0.1) is 11.3 Å². The molecule has 2 aliphatic rings. The Morgan fingerprint density at radius 1 is 1.54 bits per heavy atom. The zero-order chi connectivity index (χ0) is 8.84. The van der Waals surface area contributed by atoms with Gasteiger partial charge in [0.25, 0.3) is 0 Å². The van der Waals surface area contributed by atoms with E-state index in [1.807, 2.05) is 6.08 Å². The van der Waals surface area contributed by atoms with Crippen molar-refractivity contribution in [3.63, 3.8) is 0 Å². The molecule has 0 fully saturated rings. The van der Waals surface area contributed by atoms with Gasteiger partial charge < -0.3 is 0 Å². The molecule has 1 N–H and O–H groups in total. The molecule has 3 nitrogen and oxygen atoms in total. The molecule has 1 unspecified atom stereocenters. The lowest BCUT2D eigenvalue weighted by Crippen LogP contribution is -2.36. The molecular formula is C7H4ClN3S2. The topological polar surface area (TPSA) is 37.3 Å². The van der Waals surface area contributed by atoms with Crippen molar-refractivity contribution in [2.45, 2.75) is 6.04 Å². The van der Waals surface area contributed by atoms with Crippen LogP contribution in [0.15, 0.2) is 4.40 Å². The van der Waals surface area contributed by atoms with Crippen molar-refractivity contribution in [1.29, 1.82) is 0 Å². The van der Waals surface area contributed by atoms with Crippen LogP contribution >= 0.6 is 35.1 Å². The van der Waals surface area contributed by atoms with E-state index in [1.165, 1.54) is 23.5 Å². The van der Waals surface area contributed by atoms with Crippen molar-refractivity contribution >= 4 is 52.9 Å². The van der Waals surface area contributed by atoms with Crippen LogP contribution in [-0.4, -0.2) is 16.7 Å². The van der Waals surface area contributed by atoms with Crippen LogP contribution in [0.1, 0.15) is 0 Å². The van der Waals surface area contributed by atoms with Crippen molar-refractivity contribution in [3.8, 4) is 0 Å². The summed E-state index contributed by atoms with van der Waals surface area (Å²) in [6.07, 6.45) is 4.09. The molecule has 0 spiro atoms. The van der Waals surface area contributed by atoms with Crippen molar-refractivity contribution in [2.24, 2.45) is 4.40 Å². The summed E-state index contributed by atoms with van der Waals surface area (Å²) in [5.74, 6) is 0. The minimum absolute atomic E-state index is 0.231. The fourth-order valence-corrected chi connectivity index (χ4v) is 3.02. The van der Waals surface area contributed by atoms with Gasteiger partial charge in [0.05, 0.1) is 33.8 Å². The van der Waals surface area contributed by atoms with E-state index in [0.717, 1.165) is 15.6 Å². The largest absolute Gasteiger partial charge is 0.231 e. The first-order chi connectivity index (χ1) is 6.33. The van der Waals surface area contributed by atoms with E-state index < -0.39 is 0 Å². The normalized spacial score (nSPS) is 24.1. The molecule has 6 heteroatoms. The summed E-state index contributed by atoms with van der Waals surface area (Å²) in [5, 5.41) is 0.939. The van der Waals surface area contributed by atoms with Crippen molar-refractivity contribution in [1.82, 2.24) is 9.71 Å². The number of fused-ring (bicyclic) bond motifs is 2. The van der Waals surface area contributed by atoms with Crippen molar-refractivity contribution in [2.75, 3.05) is 0 Å². The number of nitrogens with one attached hydrogen (secondary N) is 1. The summed E-state index contributed by atoms with van der Waals surface area (Å²) in [7, 11) is 0. The number of halogens is 1. The third kappa shape index (κ3) is 1.23. The first-order valence-corrected chi connectivity index (χ1v) is 5.65. The van der Waals surface area contributed by atoms with Gasteiger partial charge in [0.15, 0.2) is 4.47 Å². The molecule has 0 radical (unpaired) electrons.